The molecule has 0 fully saturated rings. The van der Waals surface area contributed by atoms with Gasteiger partial charge in [0, 0.05) is 18.4 Å². The normalized spacial score (nSPS) is 10.7. The van der Waals surface area contributed by atoms with Gasteiger partial charge in [-0.25, -0.2) is 9.97 Å². The molecule has 5 heteroatoms. The number of aromatic nitrogens is 4. The Morgan fingerprint density at radius 2 is 2.12 bits per heavy atom. The maximum Gasteiger partial charge on any atom is 0.164 e. The molecule has 0 amide bonds. The molecule has 2 aromatic rings. The van der Waals surface area contributed by atoms with E-state index in [1.165, 1.54) is 0 Å². The van der Waals surface area contributed by atoms with E-state index in [4.69, 9.17) is 11.6 Å². The van der Waals surface area contributed by atoms with Crippen LogP contribution in [0.4, 0.5) is 0 Å². The number of hydrogen-bond acceptors (Lipinski definition) is 3. The standard InChI is InChI=1S/C11H13ClN4/c1-3-9-5-10(12)15-11(14-9)8-6-13-16(4-2)7-8/h5-7H,3-4H2,1-2H3. The molecule has 0 saturated carbocycles. The van der Waals surface area contributed by atoms with Crippen LogP contribution in [0.2, 0.25) is 5.15 Å². The van der Waals surface area contributed by atoms with Crippen molar-refractivity contribution < 1.29 is 0 Å². The van der Waals surface area contributed by atoms with Crippen LogP contribution in [0.25, 0.3) is 11.4 Å². The van der Waals surface area contributed by atoms with Gasteiger partial charge in [-0.3, -0.25) is 4.68 Å². The second-order valence-corrected chi connectivity index (χ2v) is 3.83. The van der Waals surface area contributed by atoms with Crippen molar-refractivity contribution >= 4 is 11.6 Å². The van der Waals surface area contributed by atoms with Crippen LogP contribution in [-0.2, 0) is 13.0 Å². The molecule has 0 aromatic carbocycles. The third-order valence-electron chi connectivity index (χ3n) is 2.33. The fraction of sp³-hybridized carbons (Fsp3) is 0.364. The van der Waals surface area contributed by atoms with E-state index < -0.39 is 0 Å². The number of nitrogens with zero attached hydrogens (tertiary/aromatic N) is 4. The topological polar surface area (TPSA) is 43.6 Å². The lowest BCUT2D eigenvalue weighted by molar-refractivity contribution is 0.660. The van der Waals surface area contributed by atoms with Crippen LogP contribution in [0.5, 0.6) is 0 Å². The fourth-order valence-corrected chi connectivity index (χ4v) is 1.63. The lowest BCUT2D eigenvalue weighted by Gasteiger charge is -2.00. The molecule has 4 nitrogen and oxygen atoms in total. The van der Waals surface area contributed by atoms with Gasteiger partial charge < -0.3 is 0 Å². The zero-order valence-corrected chi connectivity index (χ0v) is 10.1. The molecule has 2 aromatic heterocycles. The van der Waals surface area contributed by atoms with Crippen LogP contribution >= 0.6 is 11.6 Å². The summed E-state index contributed by atoms with van der Waals surface area (Å²) in [5.74, 6) is 0.643. The van der Waals surface area contributed by atoms with Crippen LogP contribution in [0.3, 0.4) is 0 Å². The van der Waals surface area contributed by atoms with Gasteiger partial charge in [-0.15, -0.1) is 0 Å². The minimum atomic E-state index is 0.478. The molecule has 0 bridgehead atoms. The number of hydrogen-bond donors (Lipinski definition) is 0. The van der Waals surface area contributed by atoms with Gasteiger partial charge in [0.15, 0.2) is 5.82 Å². The molecule has 0 radical (unpaired) electrons. The summed E-state index contributed by atoms with van der Waals surface area (Å²) in [6.45, 7) is 4.91. The highest BCUT2D eigenvalue weighted by Gasteiger charge is 2.07. The Morgan fingerprint density at radius 1 is 1.31 bits per heavy atom. The van der Waals surface area contributed by atoms with Crippen LogP contribution in [0.15, 0.2) is 18.5 Å². The monoisotopic (exact) mass is 236 g/mol. The maximum atomic E-state index is 5.94. The molecule has 84 valence electrons. The van der Waals surface area contributed by atoms with Crippen molar-refractivity contribution in [3.63, 3.8) is 0 Å². The van der Waals surface area contributed by atoms with Gasteiger partial charge in [0.1, 0.15) is 5.15 Å². The summed E-state index contributed by atoms with van der Waals surface area (Å²) in [7, 11) is 0. The SMILES string of the molecule is CCc1cc(Cl)nc(-c2cnn(CC)c2)n1. The molecular formula is C11H13ClN4. The van der Waals surface area contributed by atoms with Gasteiger partial charge in [0.05, 0.1) is 11.8 Å². The van der Waals surface area contributed by atoms with Crippen molar-refractivity contribution in [3.05, 3.63) is 29.3 Å². The first-order valence-corrected chi connectivity index (χ1v) is 5.67. The van der Waals surface area contributed by atoms with Gasteiger partial charge in [0.25, 0.3) is 0 Å². The molecule has 0 aliphatic rings. The smallest absolute Gasteiger partial charge is 0.164 e. The molecule has 2 heterocycles. The summed E-state index contributed by atoms with van der Waals surface area (Å²) < 4.78 is 1.84. The van der Waals surface area contributed by atoms with Crippen LogP contribution < -0.4 is 0 Å². The Labute approximate surface area is 99.3 Å². The summed E-state index contributed by atoms with van der Waals surface area (Å²) in [5.41, 5.74) is 1.85. The van der Waals surface area contributed by atoms with Gasteiger partial charge in [-0.05, 0) is 19.4 Å². The van der Waals surface area contributed by atoms with Gasteiger partial charge >= 0.3 is 0 Å². The number of aryl methyl sites for hydroxylation is 2. The van der Waals surface area contributed by atoms with Crippen LogP contribution in [0.1, 0.15) is 19.5 Å². The zero-order chi connectivity index (χ0) is 11.5. The highest BCUT2D eigenvalue weighted by molar-refractivity contribution is 6.29. The molecule has 0 aliphatic heterocycles. The van der Waals surface area contributed by atoms with Crippen molar-refractivity contribution in [2.24, 2.45) is 0 Å². The average Bonchev–Trinajstić information content (AvgIpc) is 2.76. The molecule has 2 rings (SSSR count). The second kappa shape index (κ2) is 4.61. The van der Waals surface area contributed by atoms with Crippen molar-refractivity contribution in [1.29, 1.82) is 0 Å². The maximum absolute atomic E-state index is 5.94. The third-order valence-corrected chi connectivity index (χ3v) is 2.52. The van der Waals surface area contributed by atoms with Crippen LogP contribution in [0, 0.1) is 0 Å². The summed E-state index contributed by atoms with van der Waals surface area (Å²) in [4.78, 5) is 8.62. The molecule has 0 saturated heterocycles. The van der Waals surface area contributed by atoms with E-state index in [9.17, 15) is 0 Å². The van der Waals surface area contributed by atoms with Crippen LogP contribution in [-0.4, -0.2) is 19.7 Å². The molecule has 16 heavy (non-hydrogen) atoms. The largest absolute Gasteiger partial charge is 0.272 e. The Morgan fingerprint density at radius 3 is 2.75 bits per heavy atom. The van der Waals surface area contributed by atoms with Crippen molar-refractivity contribution in [2.75, 3.05) is 0 Å². The molecule has 0 unspecified atom stereocenters. The number of halogens is 1. The van der Waals surface area contributed by atoms with E-state index in [-0.39, 0.29) is 0 Å². The first kappa shape index (κ1) is 11.1. The van der Waals surface area contributed by atoms with E-state index >= 15 is 0 Å². The quantitative estimate of drug-likeness (QED) is 0.770. The van der Waals surface area contributed by atoms with E-state index in [1.54, 1.807) is 12.3 Å². The molecular weight excluding hydrogens is 224 g/mol. The molecule has 0 aliphatic carbocycles. The first-order chi connectivity index (χ1) is 7.72. The molecule has 0 N–H and O–H groups in total. The highest BCUT2D eigenvalue weighted by atomic mass is 35.5. The molecule has 0 spiro atoms. The predicted octanol–water partition coefficient (Wildman–Crippen LogP) is 2.58. The minimum Gasteiger partial charge on any atom is -0.272 e. The van der Waals surface area contributed by atoms with Crippen molar-refractivity contribution in [3.8, 4) is 11.4 Å². The Hall–Kier alpha value is -1.42. The zero-order valence-electron chi connectivity index (χ0n) is 9.31. The Kier molecular flexibility index (Phi) is 3.19. The second-order valence-electron chi connectivity index (χ2n) is 3.44. The van der Waals surface area contributed by atoms with Crippen molar-refractivity contribution in [1.82, 2.24) is 19.7 Å². The third kappa shape index (κ3) is 2.22. The average molecular weight is 237 g/mol. The van der Waals surface area contributed by atoms with Gasteiger partial charge in [0.2, 0.25) is 0 Å². The van der Waals surface area contributed by atoms with E-state index in [2.05, 4.69) is 15.1 Å². The van der Waals surface area contributed by atoms with Gasteiger partial charge in [-0.1, -0.05) is 18.5 Å². The summed E-state index contributed by atoms with van der Waals surface area (Å²) in [5, 5.41) is 4.67. The van der Waals surface area contributed by atoms with E-state index in [1.807, 2.05) is 24.7 Å². The minimum absolute atomic E-state index is 0.478. The lowest BCUT2D eigenvalue weighted by Crippen LogP contribution is -1.95. The fourth-order valence-electron chi connectivity index (χ4n) is 1.43. The van der Waals surface area contributed by atoms with E-state index in [0.717, 1.165) is 24.2 Å². The first-order valence-electron chi connectivity index (χ1n) is 5.29. The Bertz CT molecular complexity index is 492. The summed E-state index contributed by atoms with van der Waals surface area (Å²) in [6, 6.07) is 1.79. The predicted molar refractivity (Wildman–Crippen MR) is 63.3 cm³/mol. The Balaban J connectivity index is 2.42. The lowest BCUT2D eigenvalue weighted by atomic mass is 10.3. The summed E-state index contributed by atoms with van der Waals surface area (Å²) in [6.07, 6.45) is 4.52. The van der Waals surface area contributed by atoms with E-state index in [0.29, 0.717) is 11.0 Å². The highest BCUT2D eigenvalue weighted by Crippen LogP contribution is 2.17. The number of rotatable bonds is 3. The molecule has 0 atom stereocenters. The van der Waals surface area contributed by atoms with Gasteiger partial charge in [-0.2, -0.15) is 5.10 Å². The van der Waals surface area contributed by atoms with Crippen molar-refractivity contribution in [2.45, 2.75) is 26.8 Å². The summed E-state index contributed by atoms with van der Waals surface area (Å²) >= 11 is 5.94.